The van der Waals surface area contributed by atoms with Crippen molar-refractivity contribution in [1.82, 2.24) is 14.3 Å². The summed E-state index contributed by atoms with van der Waals surface area (Å²) in [5, 5.41) is 0.574. The highest BCUT2D eigenvalue weighted by atomic mass is 32.2. The zero-order valence-corrected chi connectivity index (χ0v) is 22.7. The van der Waals surface area contributed by atoms with E-state index in [4.69, 9.17) is 4.98 Å². The molecule has 0 saturated carbocycles. The molecular formula is C27H30N4O3S2. The Morgan fingerprint density at radius 1 is 0.972 bits per heavy atom. The molecule has 0 bridgehead atoms. The summed E-state index contributed by atoms with van der Waals surface area (Å²) in [5.41, 5.74) is 3.13. The van der Waals surface area contributed by atoms with Gasteiger partial charge in [-0.3, -0.25) is 14.7 Å². The van der Waals surface area contributed by atoms with Gasteiger partial charge in [0.2, 0.25) is 10.0 Å². The van der Waals surface area contributed by atoms with E-state index in [1.807, 2.05) is 44.2 Å². The van der Waals surface area contributed by atoms with Crippen LogP contribution in [0.5, 0.6) is 0 Å². The molecule has 0 saturated heterocycles. The first-order valence-corrected chi connectivity index (χ1v) is 14.0. The van der Waals surface area contributed by atoms with Crippen LogP contribution in [0.3, 0.4) is 0 Å². The smallest absolute Gasteiger partial charge is 0.260 e. The molecule has 0 fully saturated rings. The van der Waals surface area contributed by atoms with Crippen molar-refractivity contribution >= 4 is 42.6 Å². The lowest BCUT2D eigenvalue weighted by molar-refractivity contribution is 0.0984. The Morgan fingerprint density at radius 3 is 2.31 bits per heavy atom. The summed E-state index contributed by atoms with van der Waals surface area (Å²) in [4.78, 5) is 24.8. The average Bonchev–Trinajstić information content (AvgIpc) is 3.31. The number of para-hydroxylation sites is 1. The number of hydrogen-bond acceptors (Lipinski definition) is 6. The molecule has 2 aromatic carbocycles. The summed E-state index contributed by atoms with van der Waals surface area (Å²) in [6.45, 7) is 8.11. The molecule has 2 heterocycles. The van der Waals surface area contributed by atoms with E-state index in [-0.39, 0.29) is 23.4 Å². The fourth-order valence-corrected chi connectivity index (χ4v) is 6.15. The van der Waals surface area contributed by atoms with E-state index < -0.39 is 10.0 Å². The molecule has 0 spiro atoms. The van der Waals surface area contributed by atoms with Gasteiger partial charge in [0.05, 0.1) is 27.4 Å². The van der Waals surface area contributed by atoms with Crippen LogP contribution in [0.15, 0.2) is 71.8 Å². The Hall–Kier alpha value is -3.14. The Morgan fingerprint density at radius 2 is 1.69 bits per heavy atom. The maximum Gasteiger partial charge on any atom is 0.260 e. The number of fused-ring (bicyclic) bond motifs is 1. The number of carbonyl (C=O) groups excluding carboxylic acids is 1. The van der Waals surface area contributed by atoms with Gasteiger partial charge in [0.1, 0.15) is 0 Å². The van der Waals surface area contributed by atoms with Crippen molar-refractivity contribution in [2.45, 2.75) is 51.1 Å². The van der Waals surface area contributed by atoms with Crippen LogP contribution in [-0.2, 0) is 16.6 Å². The zero-order valence-electron chi connectivity index (χ0n) is 21.0. The molecule has 9 heteroatoms. The SMILES string of the molecule is CC(C)c1cccc2sc(N(Cc3ccccn3)C(=O)c3ccc(S(=O)(=O)N(C)C(C)C)cc3)nc12. The molecule has 0 unspecified atom stereocenters. The molecule has 0 aliphatic carbocycles. The highest BCUT2D eigenvalue weighted by Crippen LogP contribution is 2.34. The van der Waals surface area contributed by atoms with Gasteiger partial charge in [-0.1, -0.05) is 43.4 Å². The third kappa shape index (κ3) is 5.18. The molecule has 0 aliphatic rings. The number of carbonyl (C=O) groups is 1. The van der Waals surface area contributed by atoms with E-state index in [0.717, 1.165) is 21.5 Å². The number of hydrogen-bond donors (Lipinski definition) is 0. The lowest BCUT2D eigenvalue weighted by atomic mass is 10.0. The normalized spacial score (nSPS) is 12.1. The molecule has 4 aromatic rings. The first-order chi connectivity index (χ1) is 17.1. The van der Waals surface area contributed by atoms with Crippen LogP contribution >= 0.6 is 11.3 Å². The molecule has 4 rings (SSSR count). The third-order valence-corrected chi connectivity index (χ3v) is 9.18. The molecule has 1 amide bonds. The molecular weight excluding hydrogens is 492 g/mol. The second kappa shape index (κ2) is 10.5. The first-order valence-electron chi connectivity index (χ1n) is 11.8. The predicted octanol–water partition coefficient (Wildman–Crippen LogP) is 5.69. The monoisotopic (exact) mass is 522 g/mol. The van der Waals surface area contributed by atoms with E-state index in [1.165, 1.54) is 27.8 Å². The van der Waals surface area contributed by atoms with Crippen molar-refractivity contribution in [1.29, 1.82) is 0 Å². The van der Waals surface area contributed by atoms with Crippen LogP contribution in [0.1, 0.15) is 55.2 Å². The number of anilines is 1. The van der Waals surface area contributed by atoms with Gasteiger partial charge >= 0.3 is 0 Å². The Bertz CT molecular complexity index is 1460. The molecule has 2 aromatic heterocycles. The van der Waals surface area contributed by atoms with Gasteiger partial charge in [-0.25, -0.2) is 13.4 Å². The molecule has 0 N–H and O–H groups in total. The second-order valence-corrected chi connectivity index (χ2v) is 12.2. The maximum absolute atomic E-state index is 13.8. The summed E-state index contributed by atoms with van der Waals surface area (Å²) < 4.78 is 28.0. The fourth-order valence-electron chi connectivity index (χ4n) is 3.79. The molecule has 188 valence electrons. The summed E-state index contributed by atoms with van der Waals surface area (Å²) in [5.74, 6) is 0.0222. The fraction of sp³-hybridized carbons (Fsp3) is 0.296. The van der Waals surface area contributed by atoms with Crippen molar-refractivity contribution < 1.29 is 13.2 Å². The molecule has 36 heavy (non-hydrogen) atoms. The van der Waals surface area contributed by atoms with Gasteiger partial charge in [0, 0.05) is 24.8 Å². The van der Waals surface area contributed by atoms with E-state index in [9.17, 15) is 13.2 Å². The van der Waals surface area contributed by atoms with Crippen LogP contribution in [0.25, 0.3) is 10.2 Å². The van der Waals surface area contributed by atoms with Gasteiger partial charge in [-0.2, -0.15) is 4.31 Å². The van der Waals surface area contributed by atoms with Gasteiger partial charge in [0.15, 0.2) is 5.13 Å². The Labute approximate surface area is 216 Å². The molecule has 0 radical (unpaired) electrons. The van der Waals surface area contributed by atoms with Crippen LogP contribution in [0.4, 0.5) is 5.13 Å². The van der Waals surface area contributed by atoms with E-state index >= 15 is 0 Å². The minimum atomic E-state index is -3.64. The highest BCUT2D eigenvalue weighted by molar-refractivity contribution is 7.89. The number of amides is 1. The number of rotatable bonds is 8. The topological polar surface area (TPSA) is 83.5 Å². The summed E-state index contributed by atoms with van der Waals surface area (Å²) in [7, 11) is -2.10. The van der Waals surface area contributed by atoms with Crippen LogP contribution < -0.4 is 4.90 Å². The van der Waals surface area contributed by atoms with Gasteiger partial charge < -0.3 is 0 Å². The van der Waals surface area contributed by atoms with E-state index in [2.05, 4.69) is 24.9 Å². The number of pyridine rings is 1. The van der Waals surface area contributed by atoms with Crippen LogP contribution in [-0.4, -0.2) is 41.7 Å². The van der Waals surface area contributed by atoms with Crippen molar-refractivity contribution in [2.24, 2.45) is 0 Å². The summed E-state index contributed by atoms with van der Waals surface area (Å²) >= 11 is 1.46. The quantitative estimate of drug-likeness (QED) is 0.297. The lowest BCUT2D eigenvalue weighted by Gasteiger charge is -2.22. The van der Waals surface area contributed by atoms with Crippen molar-refractivity contribution in [3.05, 3.63) is 83.7 Å². The number of nitrogens with zero attached hydrogens (tertiary/aromatic N) is 4. The van der Waals surface area contributed by atoms with Crippen molar-refractivity contribution in [2.75, 3.05) is 11.9 Å². The summed E-state index contributed by atoms with van der Waals surface area (Å²) in [6.07, 6.45) is 1.69. The van der Waals surface area contributed by atoms with E-state index in [1.54, 1.807) is 30.3 Å². The second-order valence-electron chi connectivity index (χ2n) is 9.20. The van der Waals surface area contributed by atoms with Gasteiger partial charge in [-0.05, 0) is 67.8 Å². The number of sulfonamides is 1. The first kappa shape index (κ1) is 25.9. The van der Waals surface area contributed by atoms with Crippen molar-refractivity contribution in [3.63, 3.8) is 0 Å². The maximum atomic E-state index is 13.8. The average molecular weight is 523 g/mol. The Kier molecular flexibility index (Phi) is 7.54. The van der Waals surface area contributed by atoms with Crippen LogP contribution in [0.2, 0.25) is 0 Å². The number of benzene rings is 2. The standard InChI is InChI=1S/C27H30N4O3S2/c1-18(2)23-10-8-11-24-25(23)29-27(35-24)31(17-21-9-6-7-16-28-21)26(32)20-12-14-22(15-13-20)36(33,34)30(5)19(3)4/h6-16,18-19H,17H2,1-5H3. The molecule has 7 nitrogen and oxygen atoms in total. The van der Waals surface area contributed by atoms with E-state index in [0.29, 0.717) is 16.6 Å². The third-order valence-electron chi connectivity index (χ3n) is 6.09. The molecule has 0 aliphatic heterocycles. The lowest BCUT2D eigenvalue weighted by Crippen LogP contribution is -2.33. The van der Waals surface area contributed by atoms with Gasteiger partial charge in [0.25, 0.3) is 5.91 Å². The predicted molar refractivity (Wildman–Crippen MR) is 145 cm³/mol. The highest BCUT2D eigenvalue weighted by Gasteiger charge is 2.26. The Balaban J connectivity index is 1.73. The minimum Gasteiger partial charge on any atom is -0.278 e. The zero-order chi connectivity index (χ0) is 26.0. The van der Waals surface area contributed by atoms with Crippen LogP contribution in [0, 0.1) is 0 Å². The minimum absolute atomic E-state index is 0.146. The molecule has 0 atom stereocenters. The largest absolute Gasteiger partial charge is 0.278 e. The van der Waals surface area contributed by atoms with Crippen molar-refractivity contribution in [3.8, 4) is 0 Å². The number of aromatic nitrogens is 2. The number of thiazole rings is 1. The van der Waals surface area contributed by atoms with Gasteiger partial charge in [-0.15, -0.1) is 0 Å². The summed E-state index contributed by atoms with van der Waals surface area (Å²) in [6, 6.07) is 17.6.